The Morgan fingerprint density at radius 1 is 1.62 bits per heavy atom. The van der Waals surface area contributed by atoms with Gasteiger partial charge < -0.3 is 15.4 Å². The summed E-state index contributed by atoms with van der Waals surface area (Å²) in [5.74, 6) is -1.72. The van der Waals surface area contributed by atoms with Gasteiger partial charge in [-0.15, -0.1) is 5.16 Å². The molecule has 0 spiro atoms. The van der Waals surface area contributed by atoms with Crippen LogP contribution < -0.4 is 0 Å². The molecule has 0 bridgehead atoms. The van der Waals surface area contributed by atoms with Crippen molar-refractivity contribution in [3.8, 4) is 0 Å². The lowest BCUT2D eigenvalue weighted by atomic mass is 9.97. The SMILES string of the molecule is CC(O)C(CCC/C=N/O)C(=O)O. The highest BCUT2D eigenvalue weighted by Crippen LogP contribution is 2.12. The maximum atomic E-state index is 10.6. The van der Waals surface area contributed by atoms with Crippen LogP contribution in [-0.2, 0) is 4.79 Å². The highest BCUT2D eigenvalue weighted by Gasteiger charge is 2.21. The summed E-state index contributed by atoms with van der Waals surface area (Å²) >= 11 is 0. The van der Waals surface area contributed by atoms with Crippen molar-refractivity contribution in [2.75, 3.05) is 0 Å². The standard InChI is InChI=1S/C8H15NO4/c1-6(10)7(8(11)12)4-2-3-5-9-13/h5-7,10,13H,2-4H2,1H3,(H,11,12)/b9-5+. The number of aliphatic carboxylic acids is 1. The fourth-order valence-corrected chi connectivity index (χ4v) is 1.06. The van der Waals surface area contributed by atoms with Gasteiger partial charge in [0, 0.05) is 6.21 Å². The van der Waals surface area contributed by atoms with Crippen molar-refractivity contribution in [3.63, 3.8) is 0 Å². The van der Waals surface area contributed by atoms with E-state index in [0.717, 1.165) is 0 Å². The summed E-state index contributed by atoms with van der Waals surface area (Å²) in [6.07, 6.45) is 1.96. The molecule has 2 unspecified atom stereocenters. The zero-order chi connectivity index (χ0) is 10.3. The molecule has 13 heavy (non-hydrogen) atoms. The first kappa shape index (κ1) is 11.9. The van der Waals surface area contributed by atoms with Gasteiger partial charge in [-0.05, 0) is 26.2 Å². The van der Waals surface area contributed by atoms with Gasteiger partial charge >= 0.3 is 5.97 Å². The molecule has 0 radical (unpaired) electrons. The molecule has 0 aromatic carbocycles. The number of oxime groups is 1. The van der Waals surface area contributed by atoms with Crippen molar-refractivity contribution in [1.82, 2.24) is 0 Å². The van der Waals surface area contributed by atoms with Crippen LogP contribution in [0, 0.1) is 5.92 Å². The van der Waals surface area contributed by atoms with Gasteiger partial charge in [0.1, 0.15) is 0 Å². The molecule has 0 aliphatic rings. The second-order valence-electron chi connectivity index (χ2n) is 2.91. The number of carboxylic acids is 1. The lowest BCUT2D eigenvalue weighted by molar-refractivity contribution is -0.145. The Bertz CT molecular complexity index is 179. The van der Waals surface area contributed by atoms with Gasteiger partial charge in [0.15, 0.2) is 0 Å². The van der Waals surface area contributed by atoms with Crippen molar-refractivity contribution in [3.05, 3.63) is 0 Å². The Labute approximate surface area is 76.7 Å². The molecule has 5 nitrogen and oxygen atoms in total. The smallest absolute Gasteiger partial charge is 0.309 e. The monoisotopic (exact) mass is 189 g/mol. The number of nitrogens with zero attached hydrogens (tertiary/aromatic N) is 1. The van der Waals surface area contributed by atoms with E-state index in [0.29, 0.717) is 19.3 Å². The van der Waals surface area contributed by atoms with Crippen molar-refractivity contribution >= 4 is 12.2 Å². The Morgan fingerprint density at radius 2 is 2.23 bits per heavy atom. The number of aliphatic hydroxyl groups is 1. The van der Waals surface area contributed by atoms with Crippen molar-refractivity contribution in [1.29, 1.82) is 0 Å². The molecule has 0 saturated heterocycles. The molecule has 0 amide bonds. The van der Waals surface area contributed by atoms with Crippen molar-refractivity contribution < 1.29 is 20.2 Å². The maximum Gasteiger partial charge on any atom is 0.309 e. The molecular formula is C8H15NO4. The molecule has 0 aromatic heterocycles. The fourth-order valence-electron chi connectivity index (χ4n) is 1.06. The van der Waals surface area contributed by atoms with Crippen LogP contribution >= 0.6 is 0 Å². The Hall–Kier alpha value is -1.10. The molecule has 5 heteroatoms. The first-order chi connectivity index (χ1) is 6.09. The van der Waals surface area contributed by atoms with E-state index in [1.165, 1.54) is 13.1 Å². The zero-order valence-electron chi connectivity index (χ0n) is 7.55. The van der Waals surface area contributed by atoms with E-state index in [4.69, 9.17) is 15.4 Å². The Kier molecular flexibility index (Phi) is 5.88. The van der Waals surface area contributed by atoms with Crippen LogP contribution in [0.4, 0.5) is 0 Å². The molecule has 0 rings (SSSR count). The third-order valence-corrected chi connectivity index (χ3v) is 1.83. The largest absolute Gasteiger partial charge is 0.481 e. The summed E-state index contributed by atoms with van der Waals surface area (Å²) in [5.41, 5.74) is 0. The summed E-state index contributed by atoms with van der Waals surface area (Å²) in [6, 6.07) is 0. The number of unbranched alkanes of at least 4 members (excludes halogenated alkanes) is 1. The number of carbonyl (C=O) groups is 1. The molecule has 2 atom stereocenters. The number of rotatable bonds is 6. The van der Waals surface area contributed by atoms with Crippen LogP contribution in [0.2, 0.25) is 0 Å². The minimum absolute atomic E-state index is 0.388. The number of hydrogen-bond donors (Lipinski definition) is 3. The first-order valence-corrected chi connectivity index (χ1v) is 4.16. The van der Waals surface area contributed by atoms with E-state index in [-0.39, 0.29) is 0 Å². The highest BCUT2D eigenvalue weighted by atomic mass is 16.4. The van der Waals surface area contributed by atoms with Gasteiger partial charge in [0.05, 0.1) is 12.0 Å². The molecule has 0 aromatic rings. The predicted molar refractivity (Wildman–Crippen MR) is 46.9 cm³/mol. The minimum atomic E-state index is -0.990. The van der Waals surface area contributed by atoms with E-state index in [1.807, 2.05) is 0 Å². The molecule has 0 aliphatic heterocycles. The molecule has 3 N–H and O–H groups in total. The van der Waals surface area contributed by atoms with Crippen LogP contribution in [0.3, 0.4) is 0 Å². The first-order valence-electron chi connectivity index (χ1n) is 4.16. The topological polar surface area (TPSA) is 90.1 Å². The molecular weight excluding hydrogens is 174 g/mol. The Morgan fingerprint density at radius 3 is 2.62 bits per heavy atom. The summed E-state index contributed by atoms with van der Waals surface area (Å²) in [4.78, 5) is 10.6. The summed E-state index contributed by atoms with van der Waals surface area (Å²) in [6.45, 7) is 1.46. The second kappa shape index (κ2) is 6.42. The molecule has 76 valence electrons. The van der Waals surface area contributed by atoms with Crippen molar-refractivity contribution in [2.45, 2.75) is 32.3 Å². The normalized spacial score (nSPS) is 15.8. The lowest BCUT2D eigenvalue weighted by Crippen LogP contribution is -2.25. The number of aliphatic hydroxyl groups excluding tert-OH is 1. The quantitative estimate of drug-likeness (QED) is 0.248. The number of carboxylic acid groups (broad SMARTS) is 1. The zero-order valence-corrected chi connectivity index (χ0v) is 7.55. The summed E-state index contributed by atoms with van der Waals surface area (Å²) in [7, 11) is 0. The van der Waals surface area contributed by atoms with E-state index in [9.17, 15) is 4.79 Å². The predicted octanol–water partition coefficient (Wildman–Crippen LogP) is 0.698. The van der Waals surface area contributed by atoms with Gasteiger partial charge in [-0.25, -0.2) is 0 Å². The van der Waals surface area contributed by atoms with Gasteiger partial charge in [0.2, 0.25) is 0 Å². The molecule has 0 aliphatic carbocycles. The average Bonchev–Trinajstić information content (AvgIpc) is 2.02. The molecule has 0 fully saturated rings. The number of hydrogen-bond acceptors (Lipinski definition) is 4. The highest BCUT2D eigenvalue weighted by molar-refractivity contribution is 5.70. The van der Waals surface area contributed by atoms with E-state index in [1.54, 1.807) is 0 Å². The third kappa shape index (κ3) is 5.19. The van der Waals surface area contributed by atoms with Gasteiger partial charge in [-0.3, -0.25) is 4.79 Å². The second-order valence-corrected chi connectivity index (χ2v) is 2.91. The van der Waals surface area contributed by atoms with Crippen LogP contribution in [0.5, 0.6) is 0 Å². The fraction of sp³-hybridized carbons (Fsp3) is 0.750. The lowest BCUT2D eigenvalue weighted by Gasteiger charge is -2.13. The van der Waals surface area contributed by atoms with E-state index < -0.39 is 18.0 Å². The van der Waals surface area contributed by atoms with E-state index in [2.05, 4.69) is 5.16 Å². The van der Waals surface area contributed by atoms with Gasteiger partial charge in [0.25, 0.3) is 0 Å². The Balaban J connectivity index is 3.77. The van der Waals surface area contributed by atoms with Gasteiger partial charge in [-0.1, -0.05) is 0 Å². The molecule has 0 heterocycles. The van der Waals surface area contributed by atoms with Gasteiger partial charge in [-0.2, -0.15) is 0 Å². The summed E-state index contributed by atoms with van der Waals surface area (Å²) in [5, 5.41) is 28.6. The van der Waals surface area contributed by atoms with Crippen molar-refractivity contribution in [2.24, 2.45) is 11.1 Å². The third-order valence-electron chi connectivity index (χ3n) is 1.83. The van der Waals surface area contributed by atoms with Crippen LogP contribution in [0.25, 0.3) is 0 Å². The van der Waals surface area contributed by atoms with Crippen LogP contribution in [-0.4, -0.2) is 33.7 Å². The summed E-state index contributed by atoms with van der Waals surface area (Å²) < 4.78 is 0. The average molecular weight is 189 g/mol. The van der Waals surface area contributed by atoms with E-state index >= 15 is 0 Å². The van der Waals surface area contributed by atoms with Crippen LogP contribution in [0.1, 0.15) is 26.2 Å². The molecule has 0 saturated carbocycles. The van der Waals surface area contributed by atoms with Crippen LogP contribution in [0.15, 0.2) is 5.16 Å². The maximum absolute atomic E-state index is 10.6. The minimum Gasteiger partial charge on any atom is -0.481 e.